The summed E-state index contributed by atoms with van der Waals surface area (Å²) < 4.78 is 13.9. The summed E-state index contributed by atoms with van der Waals surface area (Å²) in [5.74, 6) is -1.11. The normalized spacial score (nSPS) is 10.5. The van der Waals surface area contributed by atoms with E-state index in [0.29, 0.717) is 22.0 Å². The van der Waals surface area contributed by atoms with Crippen LogP contribution in [-0.4, -0.2) is 10.8 Å². The number of carbonyl (C=O) groups excluding carboxylic acids is 1. The Morgan fingerprint density at radius 3 is 2.71 bits per heavy atom. The number of anilines is 1. The van der Waals surface area contributed by atoms with E-state index in [-0.39, 0.29) is 11.3 Å². The number of benzene rings is 2. The molecular weight excluding hydrogens is 269 g/mol. The van der Waals surface area contributed by atoms with Crippen LogP contribution < -0.4 is 5.73 Å². The Hall–Kier alpha value is -3.13. The van der Waals surface area contributed by atoms with Crippen LogP contribution in [0.15, 0.2) is 42.6 Å². The second kappa shape index (κ2) is 4.76. The van der Waals surface area contributed by atoms with E-state index < -0.39 is 11.6 Å². The number of H-pyrrole nitrogens is 1. The number of ketones is 1. The maximum absolute atomic E-state index is 13.9. The van der Waals surface area contributed by atoms with E-state index in [4.69, 9.17) is 11.0 Å². The number of carbonyl (C=O) groups is 1. The van der Waals surface area contributed by atoms with Crippen molar-refractivity contribution in [3.63, 3.8) is 0 Å². The standard InChI is InChI=1S/C16H10FN3O/c17-14-6-10(19)2-3-11(14)16(21)13-8-20-15-4-1-9(7-18)5-12(13)15/h1-6,8,20H,19H2. The van der Waals surface area contributed by atoms with Crippen molar-refractivity contribution in [3.8, 4) is 6.07 Å². The summed E-state index contributed by atoms with van der Waals surface area (Å²) in [7, 11) is 0. The first-order valence-corrected chi connectivity index (χ1v) is 6.21. The number of nitrogens with two attached hydrogens (primary N) is 1. The highest BCUT2D eigenvalue weighted by molar-refractivity contribution is 6.16. The highest BCUT2D eigenvalue weighted by Crippen LogP contribution is 2.24. The molecule has 0 unspecified atom stereocenters. The SMILES string of the molecule is N#Cc1ccc2[nH]cc(C(=O)c3ccc(N)cc3F)c2c1. The third kappa shape index (κ3) is 2.13. The van der Waals surface area contributed by atoms with Gasteiger partial charge in [-0.25, -0.2) is 4.39 Å². The van der Waals surface area contributed by atoms with Crippen LogP contribution in [-0.2, 0) is 0 Å². The molecular formula is C16H10FN3O. The zero-order chi connectivity index (χ0) is 15.0. The van der Waals surface area contributed by atoms with Crippen LogP contribution in [0.2, 0.25) is 0 Å². The van der Waals surface area contributed by atoms with Crippen molar-refractivity contribution in [2.75, 3.05) is 5.73 Å². The lowest BCUT2D eigenvalue weighted by Crippen LogP contribution is -2.04. The predicted octanol–water partition coefficient (Wildman–Crippen LogP) is 2.99. The molecule has 0 atom stereocenters. The minimum atomic E-state index is -0.661. The van der Waals surface area contributed by atoms with E-state index in [1.807, 2.05) is 6.07 Å². The van der Waals surface area contributed by atoms with Crippen LogP contribution in [0.1, 0.15) is 21.5 Å². The van der Waals surface area contributed by atoms with Gasteiger partial charge in [-0.1, -0.05) is 0 Å². The number of aromatic amines is 1. The number of aromatic nitrogens is 1. The number of nitriles is 1. The number of hydrogen-bond acceptors (Lipinski definition) is 3. The number of nitrogen functional groups attached to an aromatic ring is 1. The van der Waals surface area contributed by atoms with Crippen molar-refractivity contribution in [1.29, 1.82) is 5.26 Å². The monoisotopic (exact) mass is 279 g/mol. The summed E-state index contributed by atoms with van der Waals surface area (Å²) in [6, 6.07) is 10.9. The molecule has 3 aromatic rings. The number of nitrogens with one attached hydrogen (secondary N) is 1. The zero-order valence-electron chi connectivity index (χ0n) is 10.9. The summed E-state index contributed by atoms with van der Waals surface area (Å²) in [5, 5.41) is 9.53. The fraction of sp³-hybridized carbons (Fsp3) is 0. The van der Waals surface area contributed by atoms with Gasteiger partial charge in [0.15, 0.2) is 5.78 Å². The van der Waals surface area contributed by atoms with Gasteiger partial charge in [0, 0.05) is 28.4 Å². The quantitative estimate of drug-likeness (QED) is 0.558. The molecule has 1 heterocycles. The minimum absolute atomic E-state index is 0.0486. The molecule has 0 saturated carbocycles. The Morgan fingerprint density at radius 2 is 2.00 bits per heavy atom. The smallest absolute Gasteiger partial charge is 0.198 e. The number of nitrogens with zero attached hydrogens (tertiary/aromatic N) is 1. The second-order valence-electron chi connectivity index (χ2n) is 4.64. The van der Waals surface area contributed by atoms with Gasteiger partial charge >= 0.3 is 0 Å². The second-order valence-corrected chi connectivity index (χ2v) is 4.64. The summed E-state index contributed by atoms with van der Waals surface area (Å²) in [4.78, 5) is 15.4. The fourth-order valence-electron chi connectivity index (χ4n) is 2.24. The van der Waals surface area contributed by atoms with Gasteiger partial charge in [0.25, 0.3) is 0 Å². The highest BCUT2D eigenvalue weighted by atomic mass is 19.1. The molecule has 3 N–H and O–H groups in total. The minimum Gasteiger partial charge on any atom is -0.399 e. The van der Waals surface area contributed by atoms with E-state index >= 15 is 0 Å². The van der Waals surface area contributed by atoms with Crippen LogP contribution in [0.3, 0.4) is 0 Å². The van der Waals surface area contributed by atoms with Crippen molar-refractivity contribution in [1.82, 2.24) is 4.98 Å². The highest BCUT2D eigenvalue weighted by Gasteiger charge is 2.18. The molecule has 0 bridgehead atoms. The Kier molecular flexibility index (Phi) is 2.92. The van der Waals surface area contributed by atoms with Crippen molar-refractivity contribution >= 4 is 22.4 Å². The van der Waals surface area contributed by atoms with E-state index in [1.54, 1.807) is 18.2 Å². The number of rotatable bonds is 2. The third-order valence-electron chi connectivity index (χ3n) is 3.29. The van der Waals surface area contributed by atoms with E-state index in [9.17, 15) is 9.18 Å². The molecule has 0 aliphatic rings. The molecule has 5 heteroatoms. The van der Waals surface area contributed by atoms with Crippen LogP contribution in [0, 0.1) is 17.1 Å². The first-order chi connectivity index (χ1) is 10.1. The maximum Gasteiger partial charge on any atom is 0.198 e. The molecule has 0 radical (unpaired) electrons. The molecule has 102 valence electrons. The fourth-order valence-corrected chi connectivity index (χ4v) is 2.24. The Bertz CT molecular complexity index is 906. The lowest BCUT2D eigenvalue weighted by Gasteiger charge is -2.03. The molecule has 0 aliphatic heterocycles. The molecule has 1 aromatic heterocycles. The van der Waals surface area contributed by atoms with E-state index in [2.05, 4.69) is 4.98 Å². The summed E-state index contributed by atoms with van der Waals surface area (Å²) in [6.45, 7) is 0. The molecule has 21 heavy (non-hydrogen) atoms. The average molecular weight is 279 g/mol. The zero-order valence-corrected chi connectivity index (χ0v) is 10.9. The predicted molar refractivity (Wildman–Crippen MR) is 77.3 cm³/mol. The Labute approximate surface area is 119 Å². The number of fused-ring (bicyclic) bond motifs is 1. The molecule has 3 rings (SSSR count). The van der Waals surface area contributed by atoms with Gasteiger partial charge in [-0.2, -0.15) is 5.26 Å². The van der Waals surface area contributed by atoms with E-state index in [0.717, 1.165) is 6.07 Å². The van der Waals surface area contributed by atoms with Crippen LogP contribution in [0.5, 0.6) is 0 Å². The van der Waals surface area contributed by atoms with E-state index in [1.165, 1.54) is 18.3 Å². The summed E-state index contributed by atoms with van der Waals surface area (Å²) in [6.07, 6.45) is 1.52. The van der Waals surface area contributed by atoms with Gasteiger partial charge in [-0.15, -0.1) is 0 Å². The Morgan fingerprint density at radius 1 is 1.19 bits per heavy atom. The number of hydrogen-bond donors (Lipinski definition) is 2. The molecule has 4 nitrogen and oxygen atoms in total. The topological polar surface area (TPSA) is 82.7 Å². The molecule has 0 saturated heterocycles. The van der Waals surface area contributed by atoms with Crippen molar-refractivity contribution in [2.24, 2.45) is 0 Å². The van der Waals surface area contributed by atoms with Crippen molar-refractivity contribution in [2.45, 2.75) is 0 Å². The van der Waals surface area contributed by atoms with Crippen molar-refractivity contribution in [3.05, 3.63) is 65.1 Å². The molecule has 0 fully saturated rings. The van der Waals surface area contributed by atoms with Crippen LogP contribution in [0.4, 0.5) is 10.1 Å². The Balaban J connectivity index is 2.16. The lowest BCUT2D eigenvalue weighted by atomic mass is 10.0. The van der Waals surface area contributed by atoms with Gasteiger partial charge in [0.05, 0.1) is 17.2 Å². The van der Waals surface area contributed by atoms with Crippen LogP contribution in [0.25, 0.3) is 10.9 Å². The van der Waals surface area contributed by atoms with Gasteiger partial charge in [-0.3, -0.25) is 4.79 Å². The van der Waals surface area contributed by atoms with Crippen LogP contribution >= 0.6 is 0 Å². The van der Waals surface area contributed by atoms with Gasteiger partial charge in [-0.05, 0) is 36.4 Å². The van der Waals surface area contributed by atoms with Gasteiger partial charge in [0.1, 0.15) is 5.82 Å². The van der Waals surface area contributed by atoms with Gasteiger partial charge in [0.2, 0.25) is 0 Å². The summed E-state index contributed by atoms with van der Waals surface area (Å²) >= 11 is 0. The maximum atomic E-state index is 13.9. The first-order valence-electron chi connectivity index (χ1n) is 6.21. The average Bonchev–Trinajstić information content (AvgIpc) is 2.89. The molecule has 0 amide bonds. The van der Waals surface area contributed by atoms with Crippen molar-refractivity contribution < 1.29 is 9.18 Å². The lowest BCUT2D eigenvalue weighted by molar-refractivity contribution is 0.103. The molecule has 0 spiro atoms. The third-order valence-corrected chi connectivity index (χ3v) is 3.29. The number of halogens is 1. The summed E-state index contributed by atoms with van der Waals surface area (Å²) in [5.41, 5.74) is 7.17. The van der Waals surface area contributed by atoms with Gasteiger partial charge < -0.3 is 10.7 Å². The molecule has 2 aromatic carbocycles. The largest absolute Gasteiger partial charge is 0.399 e. The first kappa shape index (κ1) is 12.9. The molecule has 0 aliphatic carbocycles.